The van der Waals surface area contributed by atoms with Crippen molar-refractivity contribution in [1.82, 2.24) is 0 Å². The quantitative estimate of drug-likeness (QED) is 0.694. The maximum atomic E-state index is 14.7. The molecule has 0 N–H and O–H groups in total. The van der Waals surface area contributed by atoms with Crippen molar-refractivity contribution in [2.45, 2.75) is 39.0 Å². The molecule has 2 aromatic rings. The molecule has 0 saturated heterocycles. The van der Waals surface area contributed by atoms with E-state index < -0.39 is 11.7 Å². The van der Waals surface area contributed by atoms with Crippen LogP contribution in [0.1, 0.15) is 44.6 Å². The van der Waals surface area contributed by atoms with Crippen LogP contribution in [0.5, 0.6) is 11.5 Å². The highest BCUT2D eigenvalue weighted by atomic mass is 19.1. The van der Waals surface area contributed by atoms with Gasteiger partial charge in [0.25, 0.3) is 0 Å². The molecule has 1 aliphatic heterocycles. The summed E-state index contributed by atoms with van der Waals surface area (Å²) in [5.41, 5.74) is 1.87. The van der Waals surface area contributed by atoms with Crippen LogP contribution in [0.4, 0.5) is 10.1 Å². The van der Waals surface area contributed by atoms with Crippen LogP contribution in [0.3, 0.4) is 0 Å². The molecule has 162 valence electrons. The summed E-state index contributed by atoms with van der Waals surface area (Å²) >= 11 is 0. The summed E-state index contributed by atoms with van der Waals surface area (Å²) in [6.45, 7) is 4.00. The number of halogens is 1. The topological polar surface area (TPSA) is 55.8 Å². The fourth-order valence-electron chi connectivity index (χ4n) is 4.68. The predicted molar refractivity (Wildman–Crippen MR) is 116 cm³/mol. The maximum absolute atomic E-state index is 14.7. The molecule has 4 rings (SSSR count). The number of amides is 1. The molecule has 1 heterocycles. The third kappa shape index (κ3) is 3.71. The first-order chi connectivity index (χ1) is 14.8. The van der Waals surface area contributed by atoms with E-state index in [2.05, 4.69) is 0 Å². The van der Waals surface area contributed by atoms with Gasteiger partial charge in [0.2, 0.25) is 5.91 Å². The lowest BCUT2D eigenvalue weighted by Crippen LogP contribution is -2.44. The summed E-state index contributed by atoms with van der Waals surface area (Å²) in [6.07, 6.45) is 0.974. The van der Waals surface area contributed by atoms with Crippen molar-refractivity contribution in [3.05, 3.63) is 65.1 Å². The van der Waals surface area contributed by atoms with Crippen molar-refractivity contribution in [2.24, 2.45) is 5.41 Å². The summed E-state index contributed by atoms with van der Waals surface area (Å²) < 4.78 is 25.4. The van der Waals surface area contributed by atoms with Crippen LogP contribution >= 0.6 is 0 Å². The maximum Gasteiger partial charge on any atom is 0.232 e. The van der Waals surface area contributed by atoms with E-state index in [0.29, 0.717) is 35.6 Å². The van der Waals surface area contributed by atoms with Gasteiger partial charge in [-0.1, -0.05) is 32.0 Å². The number of anilines is 1. The Hall–Kier alpha value is -3.15. The molecule has 0 aromatic heterocycles. The van der Waals surface area contributed by atoms with Crippen LogP contribution in [-0.2, 0) is 9.59 Å². The molecule has 1 unspecified atom stereocenters. The number of carbonyl (C=O) groups excluding carboxylic acids is 2. The minimum absolute atomic E-state index is 0.000117. The lowest BCUT2D eigenvalue weighted by Gasteiger charge is -2.43. The first-order valence-electron chi connectivity index (χ1n) is 10.3. The molecule has 0 radical (unpaired) electrons. The molecular formula is C25H26FNO4. The van der Waals surface area contributed by atoms with Crippen LogP contribution in [0.2, 0.25) is 0 Å². The average molecular weight is 423 g/mol. The minimum Gasteiger partial charge on any atom is -0.493 e. The average Bonchev–Trinajstić information content (AvgIpc) is 2.72. The van der Waals surface area contributed by atoms with Gasteiger partial charge >= 0.3 is 0 Å². The highest BCUT2D eigenvalue weighted by molar-refractivity contribution is 6.07. The Morgan fingerprint density at radius 3 is 2.39 bits per heavy atom. The number of allylic oxidation sites excluding steroid dienone is 2. The fourth-order valence-corrected chi connectivity index (χ4v) is 4.68. The van der Waals surface area contributed by atoms with Crippen molar-refractivity contribution in [1.29, 1.82) is 0 Å². The van der Waals surface area contributed by atoms with Gasteiger partial charge in [0.05, 0.1) is 19.9 Å². The number of rotatable bonds is 4. The molecule has 1 atom stereocenters. The molecule has 0 bridgehead atoms. The first-order valence-corrected chi connectivity index (χ1v) is 10.3. The van der Waals surface area contributed by atoms with Crippen LogP contribution < -0.4 is 14.4 Å². The zero-order valence-electron chi connectivity index (χ0n) is 18.2. The number of ether oxygens (including phenoxy) is 2. The number of methoxy groups -OCH3 is 2. The number of benzene rings is 2. The van der Waals surface area contributed by atoms with Gasteiger partial charge in [-0.2, -0.15) is 0 Å². The van der Waals surface area contributed by atoms with Gasteiger partial charge in [-0.05, 0) is 41.7 Å². The number of para-hydroxylation sites is 1. The number of ketones is 1. The number of nitrogens with zero attached hydrogens (tertiary/aromatic N) is 1. The van der Waals surface area contributed by atoms with Crippen molar-refractivity contribution < 1.29 is 23.5 Å². The van der Waals surface area contributed by atoms with Crippen LogP contribution in [0.25, 0.3) is 0 Å². The molecule has 0 fully saturated rings. The van der Waals surface area contributed by atoms with E-state index in [1.54, 1.807) is 38.5 Å². The molecule has 6 heteroatoms. The summed E-state index contributed by atoms with van der Waals surface area (Å²) in [5.74, 6) is -0.00701. The smallest absolute Gasteiger partial charge is 0.232 e. The number of Topliss-reactive ketones (excluding diaryl/α,β-unsaturated/α-hetero) is 1. The lowest BCUT2D eigenvalue weighted by molar-refractivity contribution is -0.121. The van der Waals surface area contributed by atoms with Crippen LogP contribution in [-0.4, -0.2) is 25.9 Å². The first kappa shape index (κ1) is 21.1. The van der Waals surface area contributed by atoms with E-state index in [-0.39, 0.29) is 29.2 Å². The molecule has 31 heavy (non-hydrogen) atoms. The van der Waals surface area contributed by atoms with Gasteiger partial charge in [-0.15, -0.1) is 0 Å². The summed E-state index contributed by atoms with van der Waals surface area (Å²) in [6, 6.07) is 11.6. The third-order valence-corrected chi connectivity index (χ3v) is 6.05. The predicted octanol–water partition coefficient (Wildman–Crippen LogP) is 5.01. The van der Waals surface area contributed by atoms with Crippen molar-refractivity contribution in [3.8, 4) is 11.5 Å². The van der Waals surface area contributed by atoms with Crippen molar-refractivity contribution in [3.63, 3.8) is 0 Å². The molecule has 0 saturated carbocycles. The van der Waals surface area contributed by atoms with Gasteiger partial charge in [-0.25, -0.2) is 4.39 Å². The minimum atomic E-state index is -0.483. The largest absolute Gasteiger partial charge is 0.493 e. The summed E-state index contributed by atoms with van der Waals surface area (Å²) in [7, 11) is 3.11. The van der Waals surface area contributed by atoms with E-state index in [9.17, 15) is 14.0 Å². The second kappa shape index (κ2) is 7.84. The molecule has 2 aliphatic rings. The van der Waals surface area contributed by atoms with Gasteiger partial charge in [0.1, 0.15) is 5.82 Å². The van der Waals surface area contributed by atoms with E-state index in [0.717, 1.165) is 5.56 Å². The Morgan fingerprint density at radius 1 is 1.00 bits per heavy atom. The zero-order valence-corrected chi connectivity index (χ0v) is 18.2. The second-order valence-electron chi connectivity index (χ2n) is 8.85. The molecule has 0 spiro atoms. The number of hydrogen-bond acceptors (Lipinski definition) is 4. The Morgan fingerprint density at radius 2 is 1.71 bits per heavy atom. The van der Waals surface area contributed by atoms with Crippen LogP contribution in [0, 0.1) is 11.2 Å². The molecule has 2 aromatic carbocycles. The monoisotopic (exact) mass is 423 g/mol. The van der Waals surface area contributed by atoms with Crippen molar-refractivity contribution in [2.75, 3.05) is 19.1 Å². The molecule has 1 amide bonds. The van der Waals surface area contributed by atoms with E-state index in [1.165, 1.54) is 11.0 Å². The van der Waals surface area contributed by atoms with Gasteiger partial charge < -0.3 is 9.47 Å². The Kier molecular flexibility index (Phi) is 5.33. The number of hydrogen-bond donors (Lipinski definition) is 0. The molecule has 1 aliphatic carbocycles. The van der Waals surface area contributed by atoms with E-state index >= 15 is 0 Å². The summed E-state index contributed by atoms with van der Waals surface area (Å²) in [5, 5.41) is 0. The normalized spacial score (nSPS) is 20.5. The highest BCUT2D eigenvalue weighted by Gasteiger charge is 2.44. The second-order valence-corrected chi connectivity index (χ2v) is 8.85. The van der Waals surface area contributed by atoms with Gasteiger partial charge in [0.15, 0.2) is 17.3 Å². The standard InChI is InChI=1S/C25H26FNO4/c1-25(2)13-19-24(20(28)14-25)16(15-9-10-21(30-3)22(11-15)31-4)12-23(29)27(19)18-8-6-5-7-17(18)26/h5-11,16H,12-14H2,1-4H3. The van der Waals surface area contributed by atoms with Crippen molar-refractivity contribution >= 4 is 17.4 Å². The molecule has 5 nitrogen and oxygen atoms in total. The zero-order chi connectivity index (χ0) is 22.3. The van der Waals surface area contributed by atoms with Gasteiger partial charge in [0, 0.05) is 30.0 Å². The SMILES string of the molecule is COc1ccc(C2CC(=O)N(c3ccccc3F)C3=C2C(=O)CC(C)(C)C3)cc1OC. The Balaban J connectivity index is 1.90. The third-order valence-electron chi connectivity index (χ3n) is 6.05. The van der Waals surface area contributed by atoms with Gasteiger partial charge in [-0.3, -0.25) is 14.5 Å². The number of carbonyl (C=O) groups is 2. The Bertz CT molecular complexity index is 1090. The molecular weight excluding hydrogens is 397 g/mol. The fraction of sp³-hybridized carbons (Fsp3) is 0.360. The van der Waals surface area contributed by atoms with Crippen LogP contribution in [0.15, 0.2) is 53.7 Å². The Labute approximate surface area is 181 Å². The van der Waals surface area contributed by atoms with E-state index in [4.69, 9.17) is 9.47 Å². The summed E-state index contributed by atoms with van der Waals surface area (Å²) in [4.78, 5) is 28.1. The van der Waals surface area contributed by atoms with E-state index in [1.807, 2.05) is 26.0 Å². The highest BCUT2D eigenvalue weighted by Crippen LogP contribution is 2.49. The lowest BCUT2D eigenvalue weighted by atomic mass is 9.69.